The van der Waals surface area contributed by atoms with Crippen molar-refractivity contribution in [3.63, 3.8) is 0 Å². The fourth-order valence-electron chi connectivity index (χ4n) is 1.78. The van der Waals surface area contributed by atoms with Crippen LogP contribution in [0.15, 0.2) is 18.2 Å². The van der Waals surface area contributed by atoms with E-state index >= 15 is 0 Å². The van der Waals surface area contributed by atoms with Crippen LogP contribution in [0.1, 0.15) is 13.8 Å². The fourth-order valence-corrected chi connectivity index (χ4v) is 2.24. The second-order valence-corrected chi connectivity index (χ2v) is 6.37. The number of nitrogens with two attached hydrogens (primary N) is 1. The highest BCUT2D eigenvalue weighted by Gasteiger charge is 2.17. The molecule has 0 saturated heterocycles. The molecule has 0 atom stereocenters. The third-order valence-electron chi connectivity index (χ3n) is 2.88. The van der Waals surface area contributed by atoms with Crippen LogP contribution in [0.2, 0.25) is 10.0 Å². The Morgan fingerprint density at radius 2 is 2.00 bits per heavy atom. The summed E-state index contributed by atoms with van der Waals surface area (Å²) in [5, 5.41) is 1.15. The highest BCUT2D eigenvalue weighted by molar-refractivity contribution is 6.35. The van der Waals surface area contributed by atoms with Crippen LogP contribution in [0, 0.1) is 5.41 Å². The summed E-state index contributed by atoms with van der Waals surface area (Å²) < 4.78 is 5.65. The Labute approximate surface area is 125 Å². The van der Waals surface area contributed by atoms with Gasteiger partial charge < -0.3 is 15.4 Å². The van der Waals surface area contributed by atoms with Crippen LogP contribution < -0.4 is 10.5 Å². The molecule has 0 aliphatic heterocycles. The Morgan fingerprint density at radius 3 is 2.58 bits per heavy atom. The number of halogens is 2. The number of likely N-dealkylation sites (N-methyl/N-ethyl adjacent to an activating group) is 1. The first kappa shape index (κ1) is 16.6. The molecule has 1 aromatic rings. The van der Waals surface area contributed by atoms with Gasteiger partial charge in [0.2, 0.25) is 0 Å². The molecule has 0 unspecified atom stereocenters. The molecule has 1 rings (SSSR count). The maximum atomic E-state index is 6.03. The van der Waals surface area contributed by atoms with Crippen LogP contribution in [0.5, 0.6) is 5.75 Å². The molecule has 2 N–H and O–H groups in total. The van der Waals surface area contributed by atoms with Crippen molar-refractivity contribution in [2.75, 3.05) is 33.3 Å². The monoisotopic (exact) mass is 304 g/mol. The quantitative estimate of drug-likeness (QED) is 0.840. The SMILES string of the molecule is CN(CCOc1ccc(Cl)cc1Cl)CC(C)(C)CN. The van der Waals surface area contributed by atoms with E-state index in [-0.39, 0.29) is 5.41 Å². The van der Waals surface area contributed by atoms with Gasteiger partial charge in [0.15, 0.2) is 0 Å². The van der Waals surface area contributed by atoms with Crippen LogP contribution in [0.3, 0.4) is 0 Å². The molecular weight excluding hydrogens is 283 g/mol. The van der Waals surface area contributed by atoms with Crippen LogP contribution in [0.4, 0.5) is 0 Å². The summed E-state index contributed by atoms with van der Waals surface area (Å²) in [5.41, 5.74) is 5.84. The lowest BCUT2D eigenvalue weighted by molar-refractivity contribution is 0.181. The molecule has 0 radical (unpaired) electrons. The van der Waals surface area contributed by atoms with Gasteiger partial charge in [-0.1, -0.05) is 37.0 Å². The van der Waals surface area contributed by atoms with Gasteiger partial charge in [0.1, 0.15) is 12.4 Å². The van der Waals surface area contributed by atoms with Gasteiger partial charge in [-0.05, 0) is 37.2 Å². The molecule has 0 amide bonds. The number of rotatable bonds is 7. The van der Waals surface area contributed by atoms with Crippen molar-refractivity contribution in [3.8, 4) is 5.75 Å². The summed E-state index contributed by atoms with van der Waals surface area (Å²) in [6.07, 6.45) is 0. The zero-order valence-electron chi connectivity index (χ0n) is 11.7. The van der Waals surface area contributed by atoms with E-state index in [4.69, 9.17) is 33.7 Å². The predicted molar refractivity (Wildman–Crippen MR) is 82.3 cm³/mol. The van der Waals surface area contributed by atoms with Gasteiger partial charge >= 0.3 is 0 Å². The van der Waals surface area contributed by atoms with Crippen molar-refractivity contribution in [2.24, 2.45) is 11.1 Å². The summed E-state index contributed by atoms with van der Waals surface area (Å²) in [5.74, 6) is 0.664. The van der Waals surface area contributed by atoms with Gasteiger partial charge in [0, 0.05) is 18.1 Å². The molecule has 0 bridgehead atoms. The number of hydrogen-bond donors (Lipinski definition) is 1. The van der Waals surface area contributed by atoms with Gasteiger partial charge in [-0.25, -0.2) is 0 Å². The minimum atomic E-state index is 0.118. The van der Waals surface area contributed by atoms with E-state index in [0.717, 1.165) is 13.1 Å². The van der Waals surface area contributed by atoms with E-state index in [1.165, 1.54) is 0 Å². The van der Waals surface area contributed by atoms with Crippen LogP contribution in [0.25, 0.3) is 0 Å². The maximum Gasteiger partial charge on any atom is 0.138 e. The first-order chi connectivity index (χ1) is 8.84. The zero-order valence-corrected chi connectivity index (χ0v) is 13.3. The van der Waals surface area contributed by atoms with Crippen molar-refractivity contribution in [1.82, 2.24) is 4.90 Å². The van der Waals surface area contributed by atoms with E-state index in [1.807, 2.05) is 0 Å². The molecule has 0 fully saturated rings. The Hall–Kier alpha value is -0.480. The molecule has 5 heteroatoms. The van der Waals surface area contributed by atoms with E-state index in [1.54, 1.807) is 18.2 Å². The molecular formula is C14H22Cl2N2O. The smallest absolute Gasteiger partial charge is 0.138 e. The summed E-state index contributed by atoms with van der Waals surface area (Å²) in [4.78, 5) is 2.21. The second-order valence-electron chi connectivity index (χ2n) is 5.53. The molecule has 108 valence electrons. The molecule has 0 aromatic heterocycles. The van der Waals surface area contributed by atoms with Gasteiger partial charge in [-0.15, -0.1) is 0 Å². The summed E-state index contributed by atoms with van der Waals surface area (Å²) in [6.45, 7) is 7.31. The minimum Gasteiger partial charge on any atom is -0.491 e. The lowest BCUT2D eigenvalue weighted by Crippen LogP contribution is -2.38. The zero-order chi connectivity index (χ0) is 14.5. The van der Waals surface area contributed by atoms with Crippen LogP contribution in [-0.2, 0) is 0 Å². The van der Waals surface area contributed by atoms with Crippen molar-refractivity contribution in [2.45, 2.75) is 13.8 Å². The standard InChI is InChI=1S/C14H22Cl2N2O/c1-14(2,9-17)10-18(3)6-7-19-13-5-4-11(15)8-12(13)16/h4-5,8H,6-7,9-10,17H2,1-3H3. The molecule has 0 saturated carbocycles. The number of benzene rings is 1. The average molecular weight is 305 g/mol. The average Bonchev–Trinajstić information content (AvgIpc) is 2.31. The van der Waals surface area contributed by atoms with Crippen molar-refractivity contribution < 1.29 is 4.74 Å². The van der Waals surface area contributed by atoms with E-state index in [2.05, 4.69) is 25.8 Å². The normalized spacial score (nSPS) is 11.9. The van der Waals surface area contributed by atoms with E-state index in [9.17, 15) is 0 Å². The molecule has 3 nitrogen and oxygen atoms in total. The number of nitrogens with zero attached hydrogens (tertiary/aromatic N) is 1. The number of hydrogen-bond acceptors (Lipinski definition) is 3. The van der Waals surface area contributed by atoms with Crippen molar-refractivity contribution in [1.29, 1.82) is 0 Å². The van der Waals surface area contributed by atoms with Gasteiger partial charge in [0.05, 0.1) is 5.02 Å². The highest BCUT2D eigenvalue weighted by atomic mass is 35.5. The first-order valence-electron chi connectivity index (χ1n) is 6.30. The molecule has 0 aliphatic carbocycles. The highest BCUT2D eigenvalue weighted by Crippen LogP contribution is 2.27. The Kier molecular flexibility index (Phi) is 6.40. The fraction of sp³-hybridized carbons (Fsp3) is 0.571. The number of ether oxygens (including phenoxy) is 1. The van der Waals surface area contributed by atoms with E-state index < -0.39 is 0 Å². The van der Waals surface area contributed by atoms with Gasteiger partial charge in [-0.3, -0.25) is 0 Å². The van der Waals surface area contributed by atoms with Crippen LogP contribution >= 0.6 is 23.2 Å². The summed E-state index contributed by atoms with van der Waals surface area (Å²) in [7, 11) is 2.06. The molecule has 0 spiro atoms. The largest absolute Gasteiger partial charge is 0.491 e. The minimum absolute atomic E-state index is 0.118. The topological polar surface area (TPSA) is 38.5 Å². The molecule has 0 heterocycles. The van der Waals surface area contributed by atoms with Crippen LogP contribution in [-0.4, -0.2) is 38.2 Å². The van der Waals surface area contributed by atoms with Gasteiger partial charge in [0.25, 0.3) is 0 Å². The second kappa shape index (κ2) is 7.34. The van der Waals surface area contributed by atoms with E-state index in [0.29, 0.717) is 28.9 Å². The van der Waals surface area contributed by atoms with Gasteiger partial charge in [-0.2, -0.15) is 0 Å². The summed E-state index contributed by atoms with van der Waals surface area (Å²) in [6, 6.07) is 5.23. The maximum absolute atomic E-state index is 6.03. The third-order valence-corrected chi connectivity index (χ3v) is 3.41. The molecule has 0 aliphatic rings. The Bertz CT molecular complexity index is 410. The third kappa shape index (κ3) is 6.00. The predicted octanol–water partition coefficient (Wildman–Crippen LogP) is 3.29. The lowest BCUT2D eigenvalue weighted by atomic mass is 9.93. The first-order valence-corrected chi connectivity index (χ1v) is 7.06. The lowest BCUT2D eigenvalue weighted by Gasteiger charge is -2.28. The Balaban J connectivity index is 2.38. The Morgan fingerprint density at radius 1 is 1.32 bits per heavy atom. The molecule has 1 aromatic carbocycles. The summed E-state index contributed by atoms with van der Waals surface area (Å²) >= 11 is 11.9. The van der Waals surface area contributed by atoms with Crippen molar-refractivity contribution >= 4 is 23.2 Å². The van der Waals surface area contributed by atoms with Crippen molar-refractivity contribution in [3.05, 3.63) is 28.2 Å². The molecule has 19 heavy (non-hydrogen) atoms.